The number of nitrogens with zero attached hydrogens (tertiary/aromatic N) is 4. The molecule has 0 fully saturated rings. The van der Waals surface area contributed by atoms with Crippen molar-refractivity contribution >= 4 is 27.3 Å². The summed E-state index contributed by atoms with van der Waals surface area (Å²) in [5, 5.41) is 9.09. The molecular formula is C17H16N5OS+. The van der Waals surface area contributed by atoms with Crippen LogP contribution in [0.4, 0.5) is 0 Å². The molecule has 1 atom stereocenters. The number of aromatic nitrogens is 4. The van der Waals surface area contributed by atoms with Gasteiger partial charge in [0.2, 0.25) is 5.78 Å². The summed E-state index contributed by atoms with van der Waals surface area (Å²) in [6.45, 7) is 2.03. The van der Waals surface area contributed by atoms with Gasteiger partial charge < -0.3 is 4.90 Å². The molecule has 0 saturated carbocycles. The summed E-state index contributed by atoms with van der Waals surface area (Å²) in [5.41, 5.74) is 2.04. The highest BCUT2D eigenvalue weighted by Gasteiger charge is 2.26. The maximum absolute atomic E-state index is 13.3. The lowest BCUT2D eigenvalue weighted by atomic mass is 10.1. The second-order valence-corrected chi connectivity index (χ2v) is 7.38. The number of para-hydroxylation sites is 1. The highest BCUT2D eigenvalue weighted by atomic mass is 32.1. The van der Waals surface area contributed by atoms with Gasteiger partial charge in [0.05, 0.1) is 29.5 Å². The van der Waals surface area contributed by atoms with E-state index in [2.05, 4.69) is 17.2 Å². The molecule has 1 unspecified atom stereocenters. The molecule has 0 spiro atoms. The summed E-state index contributed by atoms with van der Waals surface area (Å²) in [4.78, 5) is 17.1. The molecule has 1 aromatic carbocycles. The lowest BCUT2D eigenvalue weighted by molar-refractivity contribution is -0.895. The molecule has 1 N–H and O–H groups in total. The van der Waals surface area contributed by atoms with Gasteiger partial charge in [0, 0.05) is 6.42 Å². The van der Waals surface area contributed by atoms with E-state index in [-0.39, 0.29) is 5.56 Å². The Hall–Kier alpha value is -2.51. The molecule has 1 aliphatic heterocycles. The second-order valence-electron chi connectivity index (χ2n) is 6.29. The fraction of sp³-hybridized carbons (Fsp3) is 0.235. The first-order valence-electron chi connectivity index (χ1n) is 8.00. The summed E-state index contributed by atoms with van der Waals surface area (Å²) in [6, 6.07) is 9.66. The first kappa shape index (κ1) is 13.9. The molecule has 0 radical (unpaired) electrons. The van der Waals surface area contributed by atoms with E-state index in [1.165, 1.54) is 15.3 Å². The van der Waals surface area contributed by atoms with E-state index in [0.29, 0.717) is 5.78 Å². The molecule has 0 amide bonds. The minimum absolute atomic E-state index is 0.00810. The number of hydrogen-bond donors (Lipinski definition) is 1. The largest absolute Gasteiger partial charge is 0.333 e. The number of rotatable bonds is 1. The van der Waals surface area contributed by atoms with Crippen LogP contribution in [-0.4, -0.2) is 32.8 Å². The third kappa shape index (κ3) is 1.82. The number of thiophene rings is 1. The number of quaternary nitrogens is 1. The molecule has 1 aliphatic rings. The van der Waals surface area contributed by atoms with E-state index in [1.54, 1.807) is 22.2 Å². The van der Waals surface area contributed by atoms with Gasteiger partial charge in [0.15, 0.2) is 0 Å². The number of benzene rings is 1. The molecule has 24 heavy (non-hydrogen) atoms. The van der Waals surface area contributed by atoms with E-state index in [9.17, 15) is 4.79 Å². The van der Waals surface area contributed by atoms with Gasteiger partial charge in [-0.25, -0.2) is 4.57 Å². The van der Waals surface area contributed by atoms with Gasteiger partial charge in [-0.3, -0.25) is 9.20 Å². The van der Waals surface area contributed by atoms with Gasteiger partial charge in [-0.15, -0.1) is 21.5 Å². The molecule has 0 bridgehead atoms. The molecule has 3 aromatic heterocycles. The van der Waals surface area contributed by atoms with Gasteiger partial charge >= 0.3 is 0 Å². The third-order valence-corrected chi connectivity index (χ3v) is 5.95. The van der Waals surface area contributed by atoms with Crippen LogP contribution in [0.5, 0.6) is 0 Å². The van der Waals surface area contributed by atoms with E-state index in [1.807, 2.05) is 34.7 Å². The lowest BCUT2D eigenvalue weighted by Crippen LogP contribution is -3.08. The Balaban J connectivity index is 1.95. The normalized spacial score (nSPS) is 17.5. The SMILES string of the molecule is C[NH+]1CCc2c(sc3c2c(=O)n(-c2ccccc2)c2nncn32)C1. The van der Waals surface area contributed by atoms with Gasteiger partial charge in [0.25, 0.3) is 5.56 Å². The predicted octanol–water partition coefficient (Wildman–Crippen LogP) is 0.666. The maximum atomic E-state index is 13.3. The number of hydrogen-bond acceptors (Lipinski definition) is 4. The summed E-state index contributed by atoms with van der Waals surface area (Å²) < 4.78 is 3.62. The van der Waals surface area contributed by atoms with Crippen LogP contribution in [0.2, 0.25) is 0 Å². The Morgan fingerprint density at radius 2 is 2.08 bits per heavy atom. The Kier molecular flexibility index (Phi) is 2.89. The van der Waals surface area contributed by atoms with E-state index >= 15 is 0 Å². The van der Waals surface area contributed by atoms with Crippen molar-refractivity contribution < 1.29 is 4.90 Å². The van der Waals surface area contributed by atoms with Crippen LogP contribution in [-0.2, 0) is 13.0 Å². The van der Waals surface area contributed by atoms with E-state index < -0.39 is 0 Å². The Bertz CT molecular complexity index is 1120. The van der Waals surface area contributed by atoms with Crippen LogP contribution >= 0.6 is 11.3 Å². The minimum Gasteiger partial charge on any atom is -0.333 e. The van der Waals surface area contributed by atoms with Crippen LogP contribution in [0, 0.1) is 0 Å². The second kappa shape index (κ2) is 4.99. The zero-order valence-electron chi connectivity index (χ0n) is 13.2. The van der Waals surface area contributed by atoms with Crippen LogP contribution in [0.3, 0.4) is 0 Å². The number of fused-ring (bicyclic) bond motifs is 5. The highest BCUT2D eigenvalue weighted by Crippen LogP contribution is 2.31. The van der Waals surface area contributed by atoms with Gasteiger partial charge in [-0.1, -0.05) is 18.2 Å². The predicted molar refractivity (Wildman–Crippen MR) is 93.1 cm³/mol. The minimum atomic E-state index is 0.00810. The van der Waals surface area contributed by atoms with Gasteiger partial charge in [-0.05, 0) is 17.7 Å². The van der Waals surface area contributed by atoms with Crippen LogP contribution < -0.4 is 10.5 Å². The third-order valence-electron chi connectivity index (χ3n) is 4.72. The first-order chi connectivity index (χ1) is 11.7. The molecule has 0 saturated heterocycles. The molecule has 120 valence electrons. The average molecular weight is 338 g/mol. The topological polar surface area (TPSA) is 56.6 Å². The molecule has 4 aromatic rings. The molecule has 7 heteroatoms. The van der Waals surface area contributed by atoms with Crippen molar-refractivity contribution in [2.75, 3.05) is 13.6 Å². The fourth-order valence-electron chi connectivity index (χ4n) is 3.53. The zero-order valence-corrected chi connectivity index (χ0v) is 14.0. The zero-order chi connectivity index (χ0) is 16.3. The molecular weight excluding hydrogens is 322 g/mol. The van der Waals surface area contributed by atoms with Crippen LogP contribution in [0.1, 0.15) is 10.4 Å². The highest BCUT2D eigenvalue weighted by molar-refractivity contribution is 7.18. The summed E-state index contributed by atoms with van der Waals surface area (Å²) >= 11 is 1.70. The number of nitrogens with one attached hydrogen (secondary N) is 1. The van der Waals surface area contributed by atoms with Gasteiger partial charge in [0.1, 0.15) is 17.7 Å². The Labute approximate surface area is 141 Å². The standard InChI is InChI=1S/C17H15N5OS/c1-20-8-7-12-13(9-20)24-16-14(12)15(23)22(11-5-3-2-4-6-11)17-19-18-10-21(16)17/h2-6,10H,7-9H2,1H3/p+1. The summed E-state index contributed by atoms with van der Waals surface area (Å²) in [6.07, 6.45) is 2.65. The first-order valence-corrected chi connectivity index (χ1v) is 8.81. The van der Waals surface area contributed by atoms with Crippen molar-refractivity contribution in [3.05, 3.63) is 57.5 Å². The smallest absolute Gasteiger partial charge is 0.268 e. The van der Waals surface area contributed by atoms with Crippen molar-refractivity contribution in [3.8, 4) is 5.69 Å². The fourth-order valence-corrected chi connectivity index (χ4v) is 4.95. The van der Waals surface area contributed by atoms with E-state index in [4.69, 9.17) is 0 Å². The van der Waals surface area contributed by atoms with Crippen molar-refractivity contribution in [3.63, 3.8) is 0 Å². The Morgan fingerprint density at radius 1 is 1.25 bits per heavy atom. The summed E-state index contributed by atoms with van der Waals surface area (Å²) in [5.74, 6) is 0.568. The summed E-state index contributed by atoms with van der Waals surface area (Å²) in [7, 11) is 2.20. The van der Waals surface area contributed by atoms with Crippen molar-refractivity contribution in [2.45, 2.75) is 13.0 Å². The van der Waals surface area contributed by atoms with Crippen molar-refractivity contribution in [1.29, 1.82) is 0 Å². The van der Waals surface area contributed by atoms with Crippen LogP contribution in [0.15, 0.2) is 41.5 Å². The molecule has 4 heterocycles. The quantitative estimate of drug-likeness (QED) is 0.555. The monoisotopic (exact) mass is 338 g/mol. The Morgan fingerprint density at radius 3 is 2.92 bits per heavy atom. The molecule has 5 rings (SSSR count). The molecule has 0 aliphatic carbocycles. The van der Waals surface area contributed by atoms with Crippen LogP contribution in [0.25, 0.3) is 21.7 Å². The molecule has 6 nitrogen and oxygen atoms in total. The average Bonchev–Trinajstić information content (AvgIpc) is 3.20. The lowest BCUT2D eigenvalue weighted by Gasteiger charge is -2.19. The van der Waals surface area contributed by atoms with Crippen molar-refractivity contribution in [1.82, 2.24) is 19.2 Å². The van der Waals surface area contributed by atoms with Crippen molar-refractivity contribution in [2.24, 2.45) is 0 Å². The van der Waals surface area contributed by atoms with E-state index in [0.717, 1.165) is 35.4 Å². The maximum Gasteiger partial charge on any atom is 0.268 e. The number of likely N-dealkylation sites (N-methyl/N-ethyl adjacent to an activating group) is 1. The van der Waals surface area contributed by atoms with Gasteiger partial charge in [-0.2, -0.15) is 0 Å².